The second-order valence-corrected chi connectivity index (χ2v) is 10.3. The van der Waals surface area contributed by atoms with E-state index in [0.717, 1.165) is 93.0 Å². The van der Waals surface area contributed by atoms with E-state index in [-0.39, 0.29) is 17.7 Å². The molecule has 0 bridgehead atoms. The normalized spacial score (nSPS) is 22.1. The number of piperazine rings is 1. The van der Waals surface area contributed by atoms with E-state index in [0.29, 0.717) is 6.04 Å². The molecule has 2 N–H and O–H groups in total. The summed E-state index contributed by atoms with van der Waals surface area (Å²) < 4.78 is 0. The van der Waals surface area contributed by atoms with Crippen molar-refractivity contribution < 1.29 is 9.59 Å². The minimum atomic E-state index is -0.0831. The molecule has 3 aliphatic heterocycles. The maximum Gasteiger partial charge on any atom is 0.251 e. The van der Waals surface area contributed by atoms with Crippen molar-refractivity contribution in [3.63, 3.8) is 0 Å². The number of nitrogens with zero attached hydrogens (tertiary/aromatic N) is 3. The van der Waals surface area contributed by atoms with Gasteiger partial charge >= 0.3 is 0 Å². The molecule has 1 saturated heterocycles. The topological polar surface area (TPSA) is 77.0 Å². The fraction of sp³-hybridized carbons (Fsp3) is 0.464. The van der Waals surface area contributed by atoms with Crippen LogP contribution in [0.25, 0.3) is 0 Å². The Morgan fingerprint density at radius 3 is 2.69 bits per heavy atom. The van der Waals surface area contributed by atoms with Crippen LogP contribution < -0.4 is 15.5 Å². The first kappa shape index (κ1) is 22.3. The van der Waals surface area contributed by atoms with Gasteiger partial charge in [0.1, 0.15) is 0 Å². The number of fused-ring (bicyclic) bond motifs is 3. The number of rotatable bonds is 5. The number of carbonyl (C=O) groups excluding carboxylic acids is 2. The first-order valence-corrected chi connectivity index (χ1v) is 12.9. The molecule has 1 saturated carbocycles. The lowest BCUT2D eigenvalue weighted by atomic mass is 9.85. The first-order chi connectivity index (χ1) is 17.0. The lowest BCUT2D eigenvalue weighted by Gasteiger charge is -2.37. The van der Waals surface area contributed by atoms with Gasteiger partial charge in [0.2, 0.25) is 5.91 Å². The zero-order chi connectivity index (χ0) is 23.9. The molecule has 4 aliphatic rings. The molecule has 2 aromatic carbocycles. The van der Waals surface area contributed by atoms with E-state index in [1.807, 2.05) is 12.1 Å². The molecule has 1 aliphatic carbocycles. The Morgan fingerprint density at radius 2 is 1.91 bits per heavy atom. The molecule has 1 unspecified atom stereocenters. The molecule has 0 aromatic heterocycles. The minimum Gasteiger partial charge on any atom is -0.369 e. The van der Waals surface area contributed by atoms with Crippen molar-refractivity contribution in [1.82, 2.24) is 10.2 Å². The summed E-state index contributed by atoms with van der Waals surface area (Å²) in [6.07, 6.45) is 4.08. The summed E-state index contributed by atoms with van der Waals surface area (Å²) in [5.41, 5.74) is 7.30. The van der Waals surface area contributed by atoms with Crippen LogP contribution in [-0.2, 0) is 11.3 Å². The van der Waals surface area contributed by atoms with E-state index in [1.54, 1.807) is 0 Å². The molecule has 2 amide bonds. The summed E-state index contributed by atoms with van der Waals surface area (Å²) >= 11 is 0. The van der Waals surface area contributed by atoms with Crippen LogP contribution in [0.1, 0.15) is 52.7 Å². The van der Waals surface area contributed by atoms with Gasteiger partial charge < -0.3 is 15.5 Å². The summed E-state index contributed by atoms with van der Waals surface area (Å²) in [7, 11) is 0. The fourth-order valence-electron chi connectivity index (χ4n) is 5.56. The number of hydrogen-bond acceptors (Lipinski definition) is 5. The zero-order valence-electron chi connectivity index (χ0n) is 20.3. The number of nitrogens with one attached hydrogen (secondary N) is 2. The molecule has 2 aromatic rings. The van der Waals surface area contributed by atoms with E-state index in [9.17, 15) is 9.59 Å². The van der Waals surface area contributed by atoms with Gasteiger partial charge in [-0.3, -0.25) is 19.5 Å². The van der Waals surface area contributed by atoms with Crippen LogP contribution in [0, 0.1) is 12.8 Å². The van der Waals surface area contributed by atoms with E-state index < -0.39 is 0 Å². The Bertz CT molecular complexity index is 1190. The van der Waals surface area contributed by atoms with Crippen molar-refractivity contribution >= 4 is 28.9 Å². The third-order valence-corrected chi connectivity index (χ3v) is 7.69. The van der Waals surface area contributed by atoms with Crippen LogP contribution >= 0.6 is 0 Å². The molecule has 3 heterocycles. The Morgan fingerprint density at radius 1 is 1.09 bits per heavy atom. The average Bonchev–Trinajstić information content (AvgIpc) is 3.69. The van der Waals surface area contributed by atoms with Crippen LogP contribution in [0.4, 0.5) is 11.4 Å². The highest BCUT2D eigenvalue weighted by Gasteiger charge is 2.33. The van der Waals surface area contributed by atoms with E-state index in [1.165, 1.54) is 11.3 Å². The maximum atomic E-state index is 12.6. The van der Waals surface area contributed by atoms with E-state index in [4.69, 9.17) is 0 Å². The van der Waals surface area contributed by atoms with Crippen molar-refractivity contribution in [2.75, 3.05) is 42.9 Å². The lowest BCUT2D eigenvalue weighted by molar-refractivity contribution is -0.118. The molecule has 0 radical (unpaired) electrons. The summed E-state index contributed by atoms with van der Waals surface area (Å²) in [5.74, 6) is 0.0488. The van der Waals surface area contributed by atoms with Crippen LogP contribution in [0.15, 0.2) is 41.4 Å². The highest BCUT2D eigenvalue weighted by Crippen LogP contribution is 2.32. The number of amides is 2. The average molecular weight is 472 g/mol. The number of aliphatic imine (C=N–C) groups is 1. The van der Waals surface area contributed by atoms with Crippen LogP contribution in [0.5, 0.6) is 0 Å². The second-order valence-electron chi connectivity index (χ2n) is 10.3. The monoisotopic (exact) mass is 471 g/mol. The highest BCUT2D eigenvalue weighted by molar-refractivity contribution is 6.23. The molecule has 1 atom stereocenters. The number of benzene rings is 2. The summed E-state index contributed by atoms with van der Waals surface area (Å²) in [5, 5.41) is 6.19. The van der Waals surface area contributed by atoms with Gasteiger partial charge in [0.05, 0.1) is 17.3 Å². The summed E-state index contributed by atoms with van der Waals surface area (Å²) in [6.45, 7) is 7.64. The lowest BCUT2D eigenvalue weighted by Crippen LogP contribution is -2.46. The SMILES string of the molecule is Cc1cc(C(=O)NC2CC2)ccc1N1CCN(Cc2ccc3c(c2)NC(=O)C2CCCN=C32)CC1. The fourth-order valence-corrected chi connectivity index (χ4v) is 5.56. The second kappa shape index (κ2) is 9.11. The van der Waals surface area contributed by atoms with Gasteiger partial charge in [-0.2, -0.15) is 0 Å². The van der Waals surface area contributed by atoms with Gasteiger partial charge in [-0.1, -0.05) is 12.1 Å². The van der Waals surface area contributed by atoms with E-state index in [2.05, 4.69) is 56.6 Å². The van der Waals surface area contributed by atoms with Crippen molar-refractivity contribution in [3.8, 4) is 0 Å². The highest BCUT2D eigenvalue weighted by atomic mass is 16.2. The molecule has 35 heavy (non-hydrogen) atoms. The molecular weight excluding hydrogens is 438 g/mol. The third-order valence-electron chi connectivity index (χ3n) is 7.69. The van der Waals surface area contributed by atoms with Gasteiger partial charge in [0.15, 0.2) is 0 Å². The molecule has 7 nitrogen and oxygen atoms in total. The number of carbonyl (C=O) groups is 2. The van der Waals surface area contributed by atoms with Crippen molar-refractivity contribution in [3.05, 3.63) is 58.7 Å². The Kier molecular flexibility index (Phi) is 5.80. The van der Waals surface area contributed by atoms with Gasteiger partial charge in [-0.05, 0) is 68.0 Å². The number of anilines is 2. The summed E-state index contributed by atoms with van der Waals surface area (Å²) in [6, 6.07) is 12.9. The summed E-state index contributed by atoms with van der Waals surface area (Å²) in [4.78, 5) is 34.5. The molecular formula is C28H33N5O2. The smallest absolute Gasteiger partial charge is 0.251 e. The molecule has 182 valence electrons. The molecule has 6 rings (SSSR count). The van der Waals surface area contributed by atoms with E-state index >= 15 is 0 Å². The largest absolute Gasteiger partial charge is 0.369 e. The zero-order valence-corrected chi connectivity index (χ0v) is 20.3. The Labute approximate surface area is 206 Å². The van der Waals surface area contributed by atoms with Gasteiger partial charge in [0, 0.05) is 62.1 Å². The first-order valence-electron chi connectivity index (χ1n) is 12.9. The minimum absolute atomic E-state index is 0.0410. The van der Waals surface area contributed by atoms with Crippen LogP contribution in [0.3, 0.4) is 0 Å². The standard InChI is InChI=1S/C28H33N5O2/c1-18-15-20(27(34)30-21-6-7-21)5-9-25(18)33-13-11-32(12-14-33)17-19-4-8-22-24(16-19)31-28(35)23-3-2-10-29-26(22)23/h4-5,8-9,15-16,21,23H,2-3,6-7,10-14,17H2,1H3,(H,30,34)(H,31,35). The molecule has 2 fully saturated rings. The van der Waals surface area contributed by atoms with Crippen LogP contribution in [0.2, 0.25) is 0 Å². The Hall–Kier alpha value is -3.19. The van der Waals surface area contributed by atoms with Gasteiger partial charge in [0.25, 0.3) is 5.91 Å². The van der Waals surface area contributed by atoms with Crippen molar-refractivity contribution in [2.24, 2.45) is 10.9 Å². The van der Waals surface area contributed by atoms with Crippen molar-refractivity contribution in [1.29, 1.82) is 0 Å². The van der Waals surface area contributed by atoms with Gasteiger partial charge in [-0.25, -0.2) is 0 Å². The number of aryl methyl sites for hydroxylation is 1. The Balaban J connectivity index is 1.08. The predicted octanol–water partition coefficient (Wildman–Crippen LogP) is 3.36. The third kappa shape index (κ3) is 4.57. The maximum absolute atomic E-state index is 12.6. The predicted molar refractivity (Wildman–Crippen MR) is 138 cm³/mol. The van der Waals surface area contributed by atoms with Gasteiger partial charge in [-0.15, -0.1) is 0 Å². The quantitative estimate of drug-likeness (QED) is 0.701. The molecule has 7 heteroatoms. The number of hydrogen-bond donors (Lipinski definition) is 2. The molecule has 0 spiro atoms. The van der Waals surface area contributed by atoms with Crippen LogP contribution in [-0.4, -0.2) is 61.2 Å². The van der Waals surface area contributed by atoms with Crippen molar-refractivity contribution in [2.45, 2.75) is 45.2 Å².